The second-order valence-electron chi connectivity index (χ2n) is 10.1. The van der Waals surface area contributed by atoms with E-state index in [1.165, 1.54) is 4.88 Å². The van der Waals surface area contributed by atoms with Crippen molar-refractivity contribution in [2.45, 2.75) is 27.7 Å². The first-order valence-corrected chi connectivity index (χ1v) is 12.7. The van der Waals surface area contributed by atoms with Gasteiger partial charge in [0.25, 0.3) is 0 Å². The van der Waals surface area contributed by atoms with Crippen LogP contribution in [0.4, 0.5) is 5.69 Å². The number of rotatable bonds is 4. The Morgan fingerprint density at radius 1 is 0.946 bits per heavy atom. The number of aromatic amines is 2. The number of carbonyl (C=O) groups is 1. The number of pyridine rings is 3. The first-order chi connectivity index (χ1) is 17.8. The first kappa shape index (κ1) is 23.1. The average molecular weight is 508 g/mol. The number of thiophene rings is 1. The third kappa shape index (κ3) is 4.27. The number of hydrogen-bond acceptors (Lipinski definition) is 6. The van der Waals surface area contributed by atoms with Gasteiger partial charge in [-0.25, -0.2) is 0 Å². The smallest absolute Gasteiger partial charge is 0.229 e. The van der Waals surface area contributed by atoms with Crippen molar-refractivity contribution in [3.05, 3.63) is 66.1 Å². The molecule has 3 N–H and O–H groups in total. The zero-order valence-electron chi connectivity index (χ0n) is 20.9. The minimum atomic E-state index is -0.504. The van der Waals surface area contributed by atoms with Crippen LogP contribution in [-0.4, -0.2) is 36.0 Å². The number of carbonyl (C=O) groups excluding carboxylic acids is 1. The SMILES string of the molecule is Cc1ccc(-c2nccc3[nH]c(-c4n[nH]c5cnc(-c6cncc(NC(=O)C(C)(C)C)c6)cc45)cc23)s1. The Morgan fingerprint density at radius 2 is 1.78 bits per heavy atom. The predicted octanol–water partition coefficient (Wildman–Crippen LogP) is 6.58. The molecule has 0 aromatic carbocycles. The van der Waals surface area contributed by atoms with Crippen molar-refractivity contribution >= 4 is 44.7 Å². The van der Waals surface area contributed by atoms with Gasteiger partial charge in [0.1, 0.15) is 5.69 Å². The first-order valence-electron chi connectivity index (χ1n) is 11.9. The summed E-state index contributed by atoms with van der Waals surface area (Å²) in [5, 5.41) is 12.6. The number of amides is 1. The van der Waals surface area contributed by atoms with Crippen molar-refractivity contribution in [1.82, 2.24) is 30.1 Å². The average Bonchev–Trinajstić information content (AvgIpc) is 3.60. The molecule has 1 amide bonds. The third-order valence-electron chi connectivity index (χ3n) is 6.20. The molecule has 0 radical (unpaired) electrons. The van der Waals surface area contributed by atoms with Crippen molar-refractivity contribution in [3.63, 3.8) is 0 Å². The van der Waals surface area contributed by atoms with E-state index >= 15 is 0 Å². The van der Waals surface area contributed by atoms with E-state index in [0.717, 1.165) is 55.0 Å². The van der Waals surface area contributed by atoms with Crippen LogP contribution in [0.25, 0.3) is 55.0 Å². The summed E-state index contributed by atoms with van der Waals surface area (Å²) in [5.74, 6) is -0.0719. The molecule has 37 heavy (non-hydrogen) atoms. The number of anilines is 1. The van der Waals surface area contributed by atoms with Gasteiger partial charge in [-0.05, 0) is 43.3 Å². The molecule has 6 aromatic heterocycles. The van der Waals surface area contributed by atoms with Gasteiger partial charge in [0.2, 0.25) is 5.91 Å². The fraction of sp³-hybridized carbons (Fsp3) is 0.179. The van der Waals surface area contributed by atoms with Gasteiger partial charge in [0.05, 0.1) is 45.6 Å². The molecule has 0 saturated carbocycles. The molecule has 184 valence electrons. The van der Waals surface area contributed by atoms with Crippen LogP contribution < -0.4 is 5.32 Å². The Kier molecular flexibility index (Phi) is 5.38. The van der Waals surface area contributed by atoms with Gasteiger partial charge in [0.15, 0.2) is 0 Å². The van der Waals surface area contributed by atoms with Crippen LogP contribution >= 0.6 is 11.3 Å². The van der Waals surface area contributed by atoms with Crippen LogP contribution in [0.1, 0.15) is 25.6 Å². The Bertz CT molecular complexity index is 1790. The largest absolute Gasteiger partial charge is 0.353 e. The second kappa shape index (κ2) is 8.63. The molecule has 0 bridgehead atoms. The number of aryl methyl sites for hydroxylation is 1. The van der Waals surface area contributed by atoms with Crippen LogP contribution in [0, 0.1) is 12.3 Å². The quantitative estimate of drug-likeness (QED) is 0.249. The maximum Gasteiger partial charge on any atom is 0.229 e. The molecule has 0 saturated heterocycles. The number of nitrogens with zero attached hydrogens (tertiary/aromatic N) is 4. The highest BCUT2D eigenvalue weighted by molar-refractivity contribution is 7.15. The van der Waals surface area contributed by atoms with Gasteiger partial charge in [-0.1, -0.05) is 20.8 Å². The lowest BCUT2D eigenvalue weighted by Crippen LogP contribution is -2.27. The van der Waals surface area contributed by atoms with Crippen molar-refractivity contribution < 1.29 is 4.79 Å². The molecule has 0 fully saturated rings. The summed E-state index contributed by atoms with van der Waals surface area (Å²) < 4.78 is 0. The maximum absolute atomic E-state index is 12.4. The lowest BCUT2D eigenvalue weighted by molar-refractivity contribution is -0.123. The highest BCUT2D eigenvalue weighted by Gasteiger charge is 2.21. The summed E-state index contributed by atoms with van der Waals surface area (Å²) in [4.78, 5) is 31.9. The van der Waals surface area contributed by atoms with E-state index in [1.54, 1.807) is 29.9 Å². The summed E-state index contributed by atoms with van der Waals surface area (Å²) in [5.41, 5.74) is 6.15. The van der Waals surface area contributed by atoms with E-state index in [4.69, 9.17) is 0 Å². The molecule has 0 aliphatic carbocycles. The minimum Gasteiger partial charge on any atom is -0.353 e. The lowest BCUT2D eigenvalue weighted by Gasteiger charge is -2.17. The summed E-state index contributed by atoms with van der Waals surface area (Å²) in [6.07, 6.45) is 6.98. The van der Waals surface area contributed by atoms with Crippen molar-refractivity contribution in [2.24, 2.45) is 5.41 Å². The van der Waals surface area contributed by atoms with Crippen LogP contribution in [0.5, 0.6) is 0 Å². The molecule has 9 heteroatoms. The maximum atomic E-state index is 12.4. The Labute approximate surface area is 217 Å². The van der Waals surface area contributed by atoms with Crippen LogP contribution in [0.2, 0.25) is 0 Å². The molecule has 0 unspecified atom stereocenters. The number of nitrogens with one attached hydrogen (secondary N) is 3. The number of aromatic nitrogens is 6. The van der Waals surface area contributed by atoms with Crippen LogP contribution in [-0.2, 0) is 4.79 Å². The highest BCUT2D eigenvalue weighted by Crippen LogP contribution is 2.36. The number of hydrogen-bond donors (Lipinski definition) is 3. The standard InChI is InChI=1S/C28H25N7OS/c1-15-5-6-24(37-15)26-18-11-22(33-20(18)7-8-30-26)25-19-10-21(31-14-23(19)34-35-25)16-9-17(13-29-12-16)32-27(36)28(2,3)4/h5-14,33H,1-4H3,(H,32,36)(H,34,35). The molecule has 0 atom stereocenters. The van der Waals surface area contributed by atoms with Gasteiger partial charge in [0, 0.05) is 44.5 Å². The van der Waals surface area contributed by atoms with Gasteiger partial charge in [-0.2, -0.15) is 5.10 Å². The molecule has 0 spiro atoms. The van der Waals surface area contributed by atoms with E-state index in [1.807, 2.05) is 45.2 Å². The third-order valence-corrected chi connectivity index (χ3v) is 7.20. The number of fused-ring (bicyclic) bond motifs is 2. The van der Waals surface area contributed by atoms with E-state index < -0.39 is 5.41 Å². The molecule has 0 aliphatic heterocycles. The summed E-state index contributed by atoms with van der Waals surface area (Å²) in [6.45, 7) is 7.72. The molecule has 6 heterocycles. The van der Waals surface area contributed by atoms with Gasteiger partial charge in [-0.3, -0.25) is 24.8 Å². The topological polar surface area (TPSA) is 112 Å². The normalized spacial score (nSPS) is 11.9. The Balaban J connectivity index is 1.40. The fourth-order valence-electron chi connectivity index (χ4n) is 4.19. The van der Waals surface area contributed by atoms with E-state index in [9.17, 15) is 4.79 Å². The summed E-state index contributed by atoms with van der Waals surface area (Å²) in [6, 6.07) is 12.2. The fourth-order valence-corrected chi connectivity index (χ4v) is 5.06. The van der Waals surface area contributed by atoms with Crippen LogP contribution in [0.15, 0.2) is 61.2 Å². The Hall–Kier alpha value is -4.37. The molecule has 8 nitrogen and oxygen atoms in total. The van der Waals surface area contributed by atoms with Crippen LogP contribution in [0.3, 0.4) is 0 Å². The minimum absolute atomic E-state index is 0.0719. The van der Waals surface area contributed by atoms with Crippen molar-refractivity contribution in [1.29, 1.82) is 0 Å². The van der Waals surface area contributed by atoms with E-state index in [-0.39, 0.29) is 5.91 Å². The lowest BCUT2D eigenvalue weighted by atomic mass is 9.95. The zero-order valence-corrected chi connectivity index (χ0v) is 21.7. The van der Waals surface area contributed by atoms with Gasteiger partial charge >= 0.3 is 0 Å². The van der Waals surface area contributed by atoms with E-state index in [2.05, 4.69) is 60.6 Å². The van der Waals surface area contributed by atoms with Crippen molar-refractivity contribution in [2.75, 3.05) is 5.32 Å². The van der Waals surface area contributed by atoms with Crippen molar-refractivity contribution in [3.8, 4) is 33.2 Å². The van der Waals surface area contributed by atoms with Gasteiger partial charge < -0.3 is 10.3 Å². The predicted molar refractivity (Wildman–Crippen MR) is 148 cm³/mol. The van der Waals surface area contributed by atoms with E-state index in [0.29, 0.717) is 5.69 Å². The molecule has 6 aromatic rings. The molecule has 0 aliphatic rings. The summed E-state index contributed by atoms with van der Waals surface area (Å²) in [7, 11) is 0. The number of H-pyrrole nitrogens is 2. The zero-order chi connectivity index (χ0) is 25.7. The second-order valence-corrected chi connectivity index (χ2v) is 11.4. The molecule has 6 rings (SSSR count). The summed E-state index contributed by atoms with van der Waals surface area (Å²) >= 11 is 1.73. The molecular formula is C28H25N7OS. The van der Waals surface area contributed by atoms with Gasteiger partial charge in [-0.15, -0.1) is 11.3 Å². The Morgan fingerprint density at radius 3 is 2.57 bits per heavy atom. The monoisotopic (exact) mass is 507 g/mol. The highest BCUT2D eigenvalue weighted by atomic mass is 32.1. The molecular weight excluding hydrogens is 482 g/mol.